The molecule has 1 heterocycles. The smallest absolute Gasteiger partial charge is 0.227 e. The zero-order valence-electron chi connectivity index (χ0n) is 14.6. The topological polar surface area (TPSA) is 44.4 Å². The first-order valence-electron chi connectivity index (χ1n) is 8.55. The molecule has 2 N–H and O–H groups in total. The van der Waals surface area contributed by atoms with Crippen molar-refractivity contribution in [2.45, 2.75) is 33.2 Å². The van der Waals surface area contributed by atoms with E-state index in [1.807, 2.05) is 42.2 Å². The monoisotopic (exact) mass is 353 g/mol. The number of nitrogens with one attached hydrogen (secondary N) is 2. The highest BCUT2D eigenvalue weighted by molar-refractivity contribution is 7.80. The second-order valence-electron chi connectivity index (χ2n) is 6.38. The molecule has 1 fully saturated rings. The highest BCUT2D eigenvalue weighted by Gasteiger charge is 2.23. The number of nitrogens with zero attached hydrogens (tertiary/aromatic N) is 1. The maximum atomic E-state index is 12.0. The summed E-state index contributed by atoms with van der Waals surface area (Å²) in [6.45, 7) is 5.59. The first kappa shape index (κ1) is 17.4. The molecule has 0 spiro atoms. The summed E-state index contributed by atoms with van der Waals surface area (Å²) in [6.07, 6.45) is 1.56. The standard InChI is InChI=1S/C20H23N3OS/c1-14-6-3-4-7-16(14)13-21-20(25)22-17-10-9-15(2)18(12-17)23-11-5-8-19(23)24/h3-4,6-7,9-10,12H,5,8,11,13H2,1-2H3,(H2,21,22,25). The second kappa shape index (κ2) is 7.66. The molecule has 5 heteroatoms. The molecule has 0 aromatic heterocycles. The summed E-state index contributed by atoms with van der Waals surface area (Å²) < 4.78 is 0. The van der Waals surface area contributed by atoms with Crippen molar-refractivity contribution in [1.29, 1.82) is 0 Å². The maximum absolute atomic E-state index is 12.0. The van der Waals surface area contributed by atoms with Crippen molar-refractivity contribution in [3.63, 3.8) is 0 Å². The minimum Gasteiger partial charge on any atom is -0.358 e. The number of carbonyl (C=O) groups excluding carboxylic acids is 1. The quantitative estimate of drug-likeness (QED) is 0.818. The molecule has 2 aromatic carbocycles. The molecule has 25 heavy (non-hydrogen) atoms. The van der Waals surface area contributed by atoms with Gasteiger partial charge in [0.15, 0.2) is 5.11 Å². The van der Waals surface area contributed by atoms with E-state index in [0.717, 1.165) is 29.9 Å². The van der Waals surface area contributed by atoms with E-state index in [-0.39, 0.29) is 5.91 Å². The molecule has 3 rings (SSSR count). The van der Waals surface area contributed by atoms with Gasteiger partial charge in [0.05, 0.1) is 0 Å². The van der Waals surface area contributed by atoms with Crippen molar-refractivity contribution in [2.24, 2.45) is 0 Å². The van der Waals surface area contributed by atoms with Gasteiger partial charge in [0, 0.05) is 30.9 Å². The average molecular weight is 353 g/mol. The Morgan fingerprint density at radius 3 is 2.68 bits per heavy atom. The fourth-order valence-corrected chi connectivity index (χ4v) is 3.23. The van der Waals surface area contributed by atoms with Gasteiger partial charge in [-0.15, -0.1) is 0 Å². The van der Waals surface area contributed by atoms with Gasteiger partial charge < -0.3 is 15.5 Å². The van der Waals surface area contributed by atoms with Crippen molar-refractivity contribution in [2.75, 3.05) is 16.8 Å². The van der Waals surface area contributed by atoms with Crippen molar-refractivity contribution in [3.8, 4) is 0 Å². The summed E-state index contributed by atoms with van der Waals surface area (Å²) >= 11 is 5.41. The zero-order valence-corrected chi connectivity index (χ0v) is 15.5. The third kappa shape index (κ3) is 4.17. The molecule has 2 aromatic rings. The van der Waals surface area contributed by atoms with Crippen LogP contribution in [-0.2, 0) is 11.3 Å². The summed E-state index contributed by atoms with van der Waals surface area (Å²) in [6, 6.07) is 14.2. The summed E-state index contributed by atoms with van der Waals surface area (Å²) in [5.41, 5.74) is 5.42. The van der Waals surface area contributed by atoms with Gasteiger partial charge in [0.1, 0.15) is 0 Å². The van der Waals surface area contributed by atoms with Gasteiger partial charge in [-0.05, 0) is 61.3 Å². The summed E-state index contributed by atoms with van der Waals surface area (Å²) in [5, 5.41) is 7.04. The number of benzene rings is 2. The predicted molar refractivity (Wildman–Crippen MR) is 107 cm³/mol. The molecule has 1 amide bonds. The molecule has 1 aliphatic heterocycles. The Morgan fingerprint density at radius 1 is 1.16 bits per heavy atom. The number of amides is 1. The van der Waals surface area contributed by atoms with Crippen LogP contribution in [0.4, 0.5) is 11.4 Å². The van der Waals surface area contributed by atoms with E-state index in [2.05, 4.69) is 29.7 Å². The van der Waals surface area contributed by atoms with Gasteiger partial charge in [-0.3, -0.25) is 4.79 Å². The summed E-state index contributed by atoms with van der Waals surface area (Å²) in [7, 11) is 0. The van der Waals surface area contributed by atoms with Gasteiger partial charge in [0.25, 0.3) is 0 Å². The molecule has 130 valence electrons. The van der Waals surface area contributed by atoms with Gasteiger partial charge in [-0.2, -0.15) is 0 Å². The van der Waals surface area contributed by atoms with Crippen LogP contribution in [-0.4, -0.2) is 17.6 Å². The van der Waals surface area contributed by atoms with E-state index in [4.69, 9.17) is 12.2 Å². The zero-order chi connectivity index (χ0) is 17.8. The third-order valence-corrected chi connectivity index (χ3v) is 4.78. The minimum absolute atomic E-state index is 0.195. The van der Waals surface area contributed by atoms with Crippen LogP contribution in [0.2, 0.25) is 0 Å². The van der Waals surface area contributed by atoms with E-state index in [9.17, 15) is 4.79 Å². The molecule has 0 bridgehead atoms. The third-order valence-electron chi connectivity index (χ3n) is 4.53. The molecule has 0 saturated carbocycles. The first-order valence-corrected chi connectivity index (χ1v) is 8.96. The van der Waals surface area contributed by atoms with Crippen LogP contribution in [0.15, 0.2) is 42.5 Å². The Kier molecular flexibility index (Phi) is 5.34. The number of rotatable bonds is 4. The van der Waals surface area contributed by atoms with Crippen molar-refractivity contribution < 1.29 is 4.79 Å². The van der Waals surface area contributed by atoms with Gasteiger partial charge in [-0.1, -0.05) is 30.3 Å². The molecule has 0 radical (unpaired) electrons. The Balaban J connectivity index is 1.65. The van der Waals surface area contributed by atoms with E-state index >= 15 is 0 Å². The number of hydrogen-bond donors (Lipinski definition) is 2. The molecule has 1 aliphatic rings. The summed E-state index contributed by atoms with van der Waals surface area (Å²) in [4.78, 5) is 13.9. The average Bonchev–Trinajstić information content (AvgIpc) is 3.02. The second-order valence-corrected chi connectivity index (χ2v) is 6.79. The number of aryl methyl sites for hydroxylation is 2. The van der Waals surface area contributed by atoms with Gasteiger partial charge >= 0.3 is 0 Å². The Morgan fingerprint density at radius 2 is 1.96 bits per heavy atom. The van der Waals surface area contributed by atoms with Crippen molar-refractivity contribution in [3.05, 3.63) is 59.2 Å². The SMILES string of the molecule is Cc1ccccc1CNC(=S)Nc1ccc(C)c(N2CCCC2=O)c1. The number of thiocarbonyl (C=S) groups is 1. The number of carbonyl (C=O) groups is 1. The van der Waals surface area contributed by atoms with E-state index in [0.29, 0.717) is 18.1 Å². The normalized spacial score (nSPS) is 13.8. The number of anilines is 2. The van der Waals surface area contributed by atoms with E-state index < -0.39 is 0 Å². The molecule has 0 unspecified atom stereocenters. The lowest BCUT2D eigenvalue weighted by Crippen LogP contribution is -2.28. The van der Waals surface area contributed by atoms with Crippen molar-refractivity contribution >= 4 is 34.6 Å². The van der Waals surface area contributed by atoms with Crippen molar-refractivity contribution in [1.82, 2.24) is 5.32 Å². The lowest BCUT2D eigenvalue weighted by molar-refractivity contribution is -0.117. The van der Waals surface area contributed by atoms with Gasteiger partial charge in [-0.25, -0.2) is 0 Å². The molecule has 1 saturated heterocycles. The number of hydrogen-bond acceptors (Lipinski definition) is 2. The maximum Gasteiger partial charge on any atom is 0.227 e. The molecular formula is C20H23N3OS. The molecule has 4 nitrogen and oxygen atoms in total. The fraction of sp³-hybridized carbons (Fsp3) is 0.300. The van der Waals surface area contributed by atoms with Crippen LogP contribution in [0.3, 0.4) is 0 Å². The Labute approximate surface area is 154 Å². The Hall–Kier alpha value is -2.40. The highest BCUT2D eigenvalue weighted by atomic mass is 32.1. The lowest BCUT2D eigenvalue weighted by Gasteiger charge is -2.20. The van der Waals surface area contributed by atoms with E-state index in [1.165, 1.54) is 11.1 Å². The highest BCUT2D eigenvalue weighted by Crippen LogP contribution is 2.28. The van der Waals surface area contributed by atoms with E-state index in [1.54, 1.807) is 0 Å². The molecular weight excluding hydrogens is 330 g/mol. The fourth-order valence-electron chi connectivity index (χ4n) is 3.04. The van der Waals surface area contributed by atoms with Crippen LogP contribution in [0.25, 0.3) is 0 Å². The lowest BCUT2D eigenvalue weighted by atomic mass is 10.1. The minimum atomic E-state index is 0.195. The summed E-state index contributed by atoms with van der Waals surface area (Å²) in [5.74, 6) is 0.195. The largest absolute Gasteiger partial charge is 0.358 e. The van der Waals surface area contributed by atoms with Crippen LogP contribution in [0.5, 0.6) is 0 Å². The predicted octanol–water partition coefficient (Wildman–Crippen LogP) is 3.92. The van der Waals surface area contributed by atoms with Crippen LogP contribution < -0.4 is 15.5 Å². The van der Waals surface area contributed by atoms with Gasteiger partial charge in [0.2, 0.25) is 5.91 Å². The van der Waals surface area contributed by atoms with Crippen LogP contribution >= 0.6 is 12.2 Å². The molecule has 0 aliphatic carbocycles. The van der Waals surface area contributed by atoms with Crippen LogP contribution in [0, 0.1) is 13.8 Å². The van der Waals surface area contributed by atoms with Crippen LogP contribution in [0.1, 0.15) is 29.5 Å². The Bertz CT molecular complexity index is 803. The molecule has 0 atom stereocenters. The first-order chi connectivity index (χ1) is 12.0.